The van der Waals surface area contributed by atoms with Gasteiger partial charge in [0.1, 0.15) is 0 Å². The van der Waals surface area contributed by atoms with Gasteiger partial charge in [-0.15, -0.1) is 0 Å². The van der Waals surface area contributed by atoms with Gasteiger partial charge in [0.25, 0.3) is 0 Å². The van der Waals surface area contributed by atoms with E-state index in [0.29, 0.717) is 0 Å². The van der Waals surface area contributed by atoms with Crippen molar-refractivity contribution in [2.45, 2.75) is 0 Å². The van der Waals surface area contributed by atoms with Gasteiger partial charge in [-0.05, 0) is 0 Å². The predicted octanol–water partition coefficient (Wildman–Crippen LogP) is 3.45. The molecule has 0 atom stereocenters. The van der Waals surface area contributed by atoms with Crippen molar-refractivity contribution in [3.63, 3.8) is 0 Å². The Bertz CT molecular complexity index is 145. The summed E-state index contributed by atoms with van der Waals surface area (Å²) in [6, 6.07) is 0. The molecular formula is Ag4N12. The molecule has 0 N–H and O–H groups in total. The van der Waals surface area contributed by atoms with Gasteiger partial charge in [0.05, 0.1) is 0 Å². The van der Waals surface area contributed by atoms with E-state index >= 15 is 0 Å². The first-order valence-electron chi connectivity index (χ1n) is 1.60. The van der Waals surface area contributed by atoms with Crippen molar-refractivity contribution in [1.82, 2.24) is 0 Å². The van der Waals surface area contributed by atoms with Crippen molar-refractivity contribution in [1.29, 1.82) is 0 Å². The summed E-state index contributed by atoms with van der Waals surface area (Å²) in [4.78, 5) is 6.00. The molecule has 0 aromatic rings. The number of hydrogen-bond donors (Lipinski definition) is 0. The van der Waals surface area contributed by atoms with Crippen LogP contribution in [0.3, 0.4) is 0 Å². The molecule has 0 heterocycles. The Labute approximate surface area is 152 Å². The smallest absolute Gasteiger partial charge is 0.373 e. The monoisotopic (exact) mass is 596 g/mol. The maximum Gasteiger partial charge on any atom is 1.00 e. The zero-order valence-corrected chi connectivity index (χ0v) is 12.5. The molecule has 16 heavy (non-hydrogen) atoms. The zero-order valence-electron chi connectivity index (χ0n) is 6.57. The van der Waals surface area contributed by atoms with Crippen LogP contribution in [-0.2, 0) is 89.5 Å². The Morgan fingerprint density at radius 1 is 0.312 bits per heavy atom. The van der Waals surface area contributed by atoms with Crippen molar-refractivity contribution in [2.75, 3.05) is 0 Å². The summed E-state index contributed by atoms with van der Waals surface area (Å²) in [5.74, 6) is 0. The molecule has 0 amide bonds. The van der Waals surface area contributed by atoms with Crippen LogP contribution in [0.1, 0.15) is 0 Å². The van der Waals surface area contributed by atoms with Gasteiger partial charge in [0, 0.05) is 0 Å². The number of hydrogen-bond acceptors (Lipinski definition) is 0. The van der Waals surface area contributed by atoms with Gasteiger partial charge in [-0.2, -0.15) is 0 Å². The van der Waals surface area contributed by atoms with Gasteiger partial charge >= 0.3 is 89.5 Å². The van der Waals surface area contributed by atoms with Crippen LogP contribution in [0.15, 0.2) is 0 Å². The molecule has 0 aliphatic heterocycles. The van der Waals surface area contributed by atoms with Crippen LogP contribution in [0, 0.1) is 0 Å². The summed E-state index contributed by atoms with van der Waals surface area (Å²) in [5, 5.41) is 0. The van der Waals surface area contributed by atoms with Crippen molar-refractivity contribution >= 4 is 0 Å². The molecule has 0 spiro atoms. The molecule has 0 aliphatic carbocycles. The minimum atomic E-state index is 0. The minimum Gasteiger partial charge on any atom is -0.373 e. The van der Waals surface area contributed by atoms with Gasteiger partial charge < -0.3 is 44.2 Å². The molecule has 16 heteroatoms. The molecule has 0 fully saturated rings. The van der Waals surface area contributed by atoms with E-state index in [1.165, 1.54) is 19.6 Å². The summed E-state index contributed by atoms with van der Waals surface area (Å²) < 4.78 is 0. The first-order chi connectivity index (χ1) is 5.66. The molecule has 0 saturated carbocycles. The van der Waals surface area contributed by atoms with E-state index in [9.17, 15) is 0 Å². The normalized spacial score (nSPS) is 2.00. The first-order valence-corrected chi connectivity index (χ1v) is 1.60. The van der Waals surface area contributed by atoms with Crippen molar-refractivity contribution in [3.05, 3.63) is 63.9 Å². The Hall–Kier alpha value is 0.201. The average molecular weight is 600 g/mol. The van der Waals surface area contributed by atoms with Gasteiger partial charge in [0.15, 0.2) is 0 Å². The third-order valence-electron chi connectivity index (χ3n) is 0. The Morgan fingerprint density at radius 2 is 0.312 bits per heavy atom. The molecule has 0 aromatic heterocycles. The van der Waals surface area contributed by atoms with Crippen molar-refractivity contribution in [2.24, 2.45) is 0 Å². The van der Waals surface area contributed by atoms with Gasteiger partial charge in [-0.1, -0.05) is 0 Å². The summed E-state index contributed by atoms with van der Waals surface area (Å²) >= 11 is 0. The maximum absolute atomic E-state index is 6.75. The predicted molar refractivity (Wildman–Crippen MR) is 40.3 cm³/mol. The maximum atomic E-state index is 6.75. The Balaban J connectivity index is -0.00000000821. The Kier molecular flexibility index (Phi) is 604. The van der Waals surface area contributed by atoms with E-state index in [2.05, 4.69) is 0 Å². The van der Waals surface area contributed by atoms with Crippen LogP contribution in [0.2, 0.25) is 0 Å². The van der Waals surface area contributed by atoms with Gasteiger partial charge in [-0.3, -0.25) is 19.6 Å². The van der Waals surface area contributed by atoms with E-state index in [4.69, 9.17) is 44.2 Å². The number of rotatable bonds is 0. The van der Waals surface area contributed by atoms with Crippen molar-refractivity contribution < 1.29 is 89.5 Å². The molecule has 0 aliphatic rings. The van der Waals surface area contributed by atoms with Crippen LogP contribution < -0.4 is 0 Å². The zero-order chi connectivity index (χ0) is 10.8. The van der Waals surface area contributed by atoms with Gasteiger partial charge in [-0.25, -0.2) is 0 Å². The largest absolute Gasteiger partial charge is 1.00 e. The SMILES string of the molecule is [Ag+].[Ag+].[Ag+].[Ag+].[N-]=[N+]=[N-].[N-]=[N+]=[N-].[N-]=[N+]=[N-].[N-]=[N+]=[N-]. The molecule has 0 saturated heterocycles. The first kappa shape index (κ1) is 55.7. The second kappa shape index (κ2) is 174. The second-order valence-corrected chi connectivity index (χ2v) is 0.358. The second-order valence-electron chi connectivity index (χ2n) is 0.358. The summed E-state index contributed by atoms with van der Waals surface area (Å²) in [6.07, 6.45) is 0. The van der Waals surface area contributed by atoms with E-state index in [1.807, 2.05) is 0 Å². The fourth-order valence-corrected chi connectivity index (χ4v) is 0. The quantitative estimate of drug-likeness (QED) is 0.168. The minimum absolute atomic E-state index is 0. The fourth-order valence-electron chi connectivity index (χ4n) is 0. The van der Waals surface area contributed by atoms with Crippen LogP contribution in [0.4, 0.5) is 0 Å². The summed E-state index contributed by atoms with van der Waals surface area (Å²) in [6.45, 7) is 0. The molecule has 104 valence electrons. The molecule has 0 bridgehead atoms. The van der Waals surface area contributed by atoms with E-state index in [-0.39, 0.29) is 89.5 Å². The topological polar surface area (TPSA) is 235 Å². The van der Waals surface area contributed by atoms with E-state index in [0.717, 1.165) is 0 Å². The van der Waals surface area contributed by atoms with Crippen molar-refractivity contribution in [3.8, 4) is 0 Å². The molecule has 12 nitrogen and oxygen atoms in total. The molecular weight excluding hydrogens is 600 g/mol. The standard InChI is InChI=1S/4Ag.4N3/c;;;;4*1-3-2/q4*+1;4*-1. The van der Waals surface area contributed by atoms with Crippen LogP contribution in [0.25, 0.3) is 63.9 Å². The molecule has 0 unspecified atom stereocenters. The molecule has 0 radical (unpaired) electrons. The third kappa shape index (κ3) is 61200. The van der Waals surface area contributed by atoms with E-state index in [1.54, 1.807) is 0 Å². The average Bonchev–Trinajstić information content (AvgIpc) is 1.92. The van der Waals surface area contributed by atoms with Crippen LogP contribution >= 0.6 is 0 Å². The molecule has 0 aromatic carbocycles. The third-order valence-corrected chi connectivity index (χ3v) is 0. The van der Waals surface area contributed by atoms with E-state index < -0.39 is 0 Å². The fraction of sp³-hybridized carbons (Fsp3) is 0. The Morgan fingerprint density at radius 3 is 0.312 bits per heavy atom. The molecule has 0 rings (SSSR count). The summed E-state index contributed by atoms with van der Waals surface area (Å²) in [5.41, 5.74) is 54.0. The van der Waals surface area contributed by atoms with Crippen LogP contribution in [0.5, 0.6) is 0 Å². The number of nitrogens with zero attached hydrogens (tertiary/aromatic N) is 12. The van der Waals surface area contributed by atoms with Gasteiger partial charge in [0.2, 0.25) is 0 Å². The summed E-state index contributed by atoms with van der Waals surface area (Å²) in [7, 11) is 0. The van der Waals surface area contributed by atoms with Crippen LogP contribution in [-0.4, -0.2) is 0 Å².